The highest BCUT2D eigenvalue weighted by Crippen LogP contribution is 2.43. The Balaban J connectivity index is 1.28. The van der Waals surface area contributed by atoms with Crippen LogP contribution in [0.3, 0.4) is 0 Å². The number of thiophene rings is 1. The van der Waals surface area contributed by atoms with Gasteiger partial charge in [-0.05, 0) is 42.0 Å². The lowest BCUT2D eigenvalue weighted by atomic mass is 10.0. The van der Waals surface area contributed by atoms with Crippen LogP contribution in [-0.4, -0.2) is 33.0 Å². The quantitative estimate of drug-likeness (QED) is 0.341. The molecule has 0 spiro atoms. The minimum Gasteiger partial charge on any atom is -0.489 e. The standard InChI is InChI=1S/C25H22N4O2S2/c30-23(16-33-25-27-26-24(22-11-6-14-32-22)28(25)18-12-13-18)29-19-9-4-5-10-21(19)31-15-20(29)17-7-2-1-3-8-17/h1-11,14,18,20H,12-13,15-16H2/t20-/m1/s1. The van der Waals surface area contributed by atoms with Gasteiger partial charge < -0.3 is 4.74 Å². The van der Waals surface area contributed by atoms with Crippen molar-refractivity contribution in [3.63, 3.8) is 0 Å². The van der Waals surface area contributed by atoms with Crippen LogP contribution in [0.15, 0.2) is 77.3 Å². The second kappa shape index (κ2) is 8.68. The third kappa shape index (κ3) is 3.94. The lowest BCUT2D eigenvalue weighted by Gasteiger charge is -2.37. The number of hydrogen-bond donors (Lipinski definition) is 0. The molecule has 1 atom stereocenters. The van der Waals surface area contributed by atoms with E-state index in [1.54, 1.807) is 11.3 Å². The van der Waals surface area contributed by atoms with Crippen molar-refractivity contribution in [2.24, 2.45) is 0 Å². The summed E-state index contributed by atoms with van der Waals surface area (Å²) < 4.78 is 8.23. The minimum atomic E-state index is -0.169. The van der Waals surface area contributed by atoms with E-state index in [1.807, 2.05) is 65.6 Å². The molecule has 166 valence electrons. The van der Waals surface area contributed by atoms with Crippen molar-refractivity contribution in [3.8, 4) is 16.5 Å². The first-order chi connectivity index (χ1) is 16.3. The van der Waals surface area contributed by atoms with Crippen molar-refractivity contribution < 1.29 is 9.53 Å². The summed E-state index contributed by atoms with van der Waals surface area (Å²) in [6.45, 7) is 0.429. The van der Waals surface area contributed by atoms with Gasteiger partial charge in [0.15, 0.2) is 11.0 Å². The van der Waals surface area contributed by atoms with Crippen LogP contribution in [0.25, 0.3) is 10.7 Å². The Morgan fingerprint density at radius 3 is 2.64 bits per heavy atom. The maximum atomic E-state index is 13.6. The van der Waals surface area contributed by atoms with E-state index in [2.05, 4.69) is 26.2 Å². The fraction of sp³-hybridized carbons (Fsp3) is 0.240. The van der Waals surface area contributed by atoms with Gasteiger partial charge in [0.25, 0.3) is 0 Å². The third-order valence-electron chi connectivity index (χ3n) is 5.93. The molecule has 0 bridgehead atoms. The van der Waals surface area contributed by atoms with Crippen molar-refractivity contribution in [3.05, 3.63) is 77.7 Å². The highest BCUT2D eigenvalue weighted by molar-refractivity contribution is 7.99. The van der Waals surface area contributed by atoms with E-state index in [1.165, 1.54) is 11.8 Å². The molecule has 1 amide bonds. The average molecular weight is 475 g/mol. The van der Waals surface area contributed by atoms with Gasteiger partial charge >= 0.3 is 0 Å². The summed E-state index contributed by atoms with van der Waals surface area (Å²) in [5, 5.41) is 11.8. The first-order valence-corrected chi connectivity index (χ1v) is 12.9. The summed E-state index contributed by atoms with van der Waals surface area (Å²) in [6, 6.07) is 22.2. The fourth-order valence-corrected chi connectivity index (χ4v) is 5.80. The van der Waals surface area contributed by atoms with Gasteiger partial charge in [-0.3, -0.25) is 14.3 Å². The molecule has 0 radical (unpaired) electrons. The molecular weight excluding hydrogens is 452 g/mol. The summed E-state index contributed by atoms with van der Waals surface area (Å²) in [6.07, 6.45) is 2.26. The lowest BCUT2D eigenvalue weighted by Crippen LogP contribution is -2.42. The first-order valence-electron chi connectivity index (χ1n) is 11.0. The normalized spacial score (nSPS) is 17.5. The molecule has 4 aromatic rings. The Kier molecular flexibility index (Phi) is 5.39. The van der Waals surface area contributed by atoms with Crippen molar-refractivity contribution in [2.75, 3.05) is 17.3 Å². The van der Waals surface area contributed by atoms with E-state index < -0.39 is 0 Å². The number of fused-ring (bicyclic) bond motifs is 1. The summed E-state index contributed by atoms with van der Waals surface area (Å²) in [4.78, 5) is 16.6. The first kappa shape index (κ1) is 20.5. The smallest absolute Gasteiger partial charge is 0.238 e. The zero-order chi connectivity index (χ0) is 22.2. The SMILES string of the molecule is O=C(CSc1nnc(-c2cccs2)n1C1CC1)N1c2ccccc2OC[C@@H]1c1ccccc1. The number of thioether (sulfide) groups is 1. The molecule has 6 nitrogen and oxygen atoms in total. The van der Waals surface area contributed by atoms with Gasteiger partial charge in [-0.25, -0.2) is 0 Å². The Bertz CT molecular complexity index is 1270. The number of hydrogen-bond acceptors (Lipinski definition) is 6. The predicted octanol–water partition coefficient (Wildman–Crippen LogP) is 5.60. The maximum Gasteiger partial charge on any atom is 0.238 e. The molecule has 1 aliphatic carbocycles. The maximum absolute atomic E-state index is 13.6. The number of nitrogens with zero attached hydrogens (tertiary/aromatic N) is 4. The van der Waals surface area contributed by atoms with E-state index >= 15 is 0 Å². The number of rotatable bonds is 6. The summed E-state index contributed by atoms with van der Waals surface area (Å²) >= 11 is 3.13. The lowest BCUT2D eigenvalue weighted by molar-refractivity contribution is -0.117. The Hall–Kier alpha value is -3.10. The average Bonchev–Trinajstić information content (AvgIpc) is 3.38. The van der Waals surface area contributed by atoms with Crippen LogP contribution in [0.2, 0.25) is 0 Å². The second-order valence-corrected chi connectivity index (χ2v) is 10.0. The zero-order valence-electron chi connectivity index (χ0n) is 17.8. The van der Waals surface area contributed by atoms with Crippen molar-refractivity contribution in [1.82, 2.24) is 14.8 Å². The topological polar surface area (TPSA) is 60.2 Å². The summed E-state index contributed by atoms with van der Waals surface area (Å²) in [7, 11) is 0. The second-order valence-electron chi connectivity index (χ2n) is 8.14. The molecule has 33 heavy (non-hydrogen) atoms. The largest absolute Gasteiger partial charge is 0.489 e. The van der Waals surface area contributed by atoms with Crippen molar-refractivity contribution >= 4 is 34.7 Å². The van der Waals surface area contributed by atoms with Gasteiger partial charge in [-0.1, -0.05) is 60.3 Å². The number of carbonyl (C=O) groups excluding carboxylic acids is 1. The van der Waals surface area contributed by atoms with Gasteiger partial charge in [0.05, 0.1) is 22.4 Å². The highest BCUT2D eigenvalue weighted by Gasteiger charge is 2.34. The molecular formula is C25H22N4O2S2. The molecule has 1 saturated carbocycles. The molecule has 0 saturated heterocycles. The van der Waals surface area contributed by atoms with E-state index in [4.69, 9.17) is 4.74 Å². The number of anilines is 1. The van der Waals surface area contributed by atoms with E-state index in [0.717, 1.165) is 45.7 Å². The number of carbonyl (C=O) groups is 1. The van der Waals surface area contributed by atoms with Gasteiger partial charge in [0.1, 0.15) is 12.4 Å². The number of para-hydroxylation sites is 2. The number of aromatic nitrogens is 3. The van der Waals surface area contributed by atoms with Gasteiger partial charge in [0, 0.05) is 6.04 Å². The van der Waals surface area contributed by atoms with Gasteiger partial charge in [-0.2, -0.15) is 0 Å². The van der Waals surface area contributed by atoms with Crippen LogP contribution < -0.4 is 9.64 Å². The summed E-state index contributed by atoms with van der Waals surface area (Å²) in [5.41, 5.74) is 1.87. The highest BCUT2D eigenvalue weighted by atomic mass is 32.2. The molecule has 0 unspecified atom stereocenters. The van der Waals surface area contributed by atoms with Crippen LogP contribution in [0.4, 0.5) is 5.69 Å². The van der Waals surface area contributed by atoms with E-state index in [9.17, 15) is 4.79 Å². The van der Waals surface area contributed by atoms with Crippen molar-refractivity contribution in [1.29, 1.82) is 0 Å². The van der Waals surface area contributed by atoms with Crippen LogP contribution in [0.1, 0.15) is 30.5 Å². The molecule has 2 aliphatic rings. The van der Waals surface area contributed by atoms with Crippen LogP contribution in [0.5, 0.6) is 5.75 Å². The number of amides is 1. The van der Waals surface area contributed by atoms with Gasteiger partial charge in [0.2, 0.25) is 5.91 Å². The van der Waals surface area contributed by atoms with Crippen LogP contribution in [0, 0.1) is 0 Å². The molecule has 1 fully saturated rings. The Labute approximate surface area is 200 Å². The van der Waals surface area contributed by atoms with E-state index in [0.29, 0.717) is 12.6 Å². The predicted molar refractivity (Wildman–Crippen MR) is 131 cm³/mol. The number of benzene rings is 2. The Morgan fingerprint density at radius 2 is 1.85 bits per heavy atom. The third-order valence-corrected chi connectivity index (χ3v) is 7.72. The van der Waals surface area contributed by atoms with Crippen LogP contribution >= 0.6 is 23.1 Å². The monoisotopic (exact) mass is 474 g/mol. The Morgan fingerprint density at radius 1 is 1.03 bits per heavy atom. The molecule has 0 N–H and O–H groups in total. The molecule has 2 aromatic heterocycles. The van der Waals surface area contributed by atoms with Crippen LogP contribution in [-0.2, 0) is 4.79 Å². The molecule has 8 heteroatoms. The molecule has 6 rings (SSSR count). The molecule has 2 aromatic carbocycles. The molecule has 1 aliphatic heterocycles. The minimum absolute atomic E-state index is 0.0348. The fourth-order valence-electron chi connectivity index (χ4n) is 4.22. The van der Waals surface area contributed by atoms with Gasteiger partial charge in [-0.15, -0.1) is 21.5 Å². The summed E-state index contributed by atoms with van der Waals surface area (Å²) in [5.74, 6) is 1.96. The van der Waals surface area contributed by atoms with E-state index in [-0.39, 0.29) is 17.7 Å². The number of ether oxygens (including phenoxy) is 1. The zero-order valence-corrected chi connectivity index (χ0v) is 19.5. The molecule has 3 heterocycles. The van der Waals surface area contributed by atoms with Crippen molar-refractivity contribution in [2.45, 2.75) is 30.1 Å².